The molecule has 0 radical (unpaired) electrons. The predicted molar refractivity (Wildman–Crippen MR) is 148 cm³/mol. The second kappa shape index (κ2) is 12.8. The molecule has 0 saturated carbocycles. The van der Waals surface area contributed by atoms with Crippen LogP contribution in [0, 0.1) is 6.92 Å². The third kappa shape index (κ3) is 7.71. The SMILES string of the molecule is Cc1cc(C(=O)N[C@@H](C[C@H](F)C(=O)OC(C)C)C(=O)OC(C)C)sc1N(C)Cc1cnc2nc(N)nc(N)c2n1. The molecule has 40 heavy (non-hydrogen) atoms. The highest BCUT2D eigenvalue weighted by Crippen LogP contribution is 2.31. The molecule has 1 amide bonds. The molecule has 0 fully saturated rings. The van der Waals surface area contributed by atoms with Gasteiger partial charge in [0.1, 0.15) is 6.04 Å². The van der Waals surface area contributed by atoms with Crippen LogP contribution in [0.15, 0.2) is 12.3 Å². The summed E-state index contributed by atoms with van der Waals surface area (Å²) in [6, 6.07) is 0.250. The van der Waals surface area contributed by atoms with E-state index in [0.29, 0.717) is 17.8 Å². The minimum absolute atomic E-state index is 0.00131. The summed E-state index contributed by atoms with van der Waals surface area (Å²) in [4.78, 5) is 56.5. The Morgan fingerprint density at radius 1 is 1.07 bits per heavy atom. The normalized spacial score (nSPS) is 12.8. The van der Waals surface area contributed by atoms with Gasteiger partial charge in [0.25, 0.3) is 5.91 Å². The predicted octanol–water partition coefficient (Wildman–Crippen LogP) is 2.32. The zero-order valence-corrected chi connectivity index (χ0v) is 23.9. The largest absolute Gasteiger partial charge is 0.461 e. The molecule has 5 N–H and O–H groups in total. The molecule has 0 aliphatic heterocycles. The molecule has 3 aromatic heterocycles. The standard InChI is InChI=1S/C25H33FN8O5S/c1-11(2)38-23(36)15(26)8-16(24(37)39-12(3)4)31-21(35)17-7-13(5)22(40-17)34(6)10-14-9-29-20-18(30-14)19(27)32-25(28)33-20/h7,9,11-12,15-16H,8,10H2,1-6H3,(H,31,35)(H4,27,28,29,32,33)/t15-,16-/m0/s1. The van der Waals surface area contributed by atoms with Gasteiger partial charge >= 0.3 is 11.9 Å². The van der Waals surface area contributed by atoms with Gasteiger partial charge in [-0.05, 0) is 46.2 Å². The van der Waals surface area contributed by atoms with Gasteiger partial charge in [-0.3, -0.25) is 4.79 Å². The summed E-state index contributed by atoms with van der Waals surface area (Å²) in [5.41, 5.74) is 13.5. The van der Waals surface area contributed by atoms with E-state index < -0.39 is 48.7 Å². The minimum atomic E-state index is -2.13. The summed E-state index contributed by atoms with van der Waals surface area (Å²) in [6.45, 7) is 8.55. The van der Waals surface area contributed by atoms with Crippen LogP contribution < -0.4 is 21.7 Å². The third-order valence-electron chi connectivity index (χ3n) is 5.35. The van der Waals surface area contributed by atoms with Crippen LogP contribution in [-0.2, 0) is 25.6 Å². The highest BCUT2D eigenvalue weighted by molar-refractivity contribution is 7.18. The van der Waals surface area contributed by atoms with E-state index in [1.165, 1.54) is 11.3 Å². The molecule has 0 unspecified atom stereocenters. The lowest BCUT2D eigenvalue weighted by atomic mass is 10.1. The summed E-state index contributed by atoms with van der Waals surface area (Å²) in [5, 5.41) is 3.26. The Hall–Kier alpha value is -4.14. The molecule has 0 bridgehead atoms. The van der Waals surface area contributed by atoms with Gasteiger partial charge in [-0.2, -0.15) is 9.97 Å². The average Bonchev–Trinajstić information content (AvgIpc) is 3.24. The van der Waals surface area contributed by atoms with E-state index in [9.17, 15) is 18.8 Å². The maximum atomic E-state index is 14.6. The fourth-order valence-corrected chi connectivity index (χ4v) is 4.74. The molecule has 0 aliphatic carbocycles. The third-order valence-corrected chi connectivity index (χ3v) is 6.70. The summed E-state index contributed by atoms with van der Waals surface area (Å²) >= 11 is 1.17. The first-order chi connectivity index (χ1) is 18.7. The van der Waals surface area contributed by atoms with Gasteiger partial charge in [0.15, 0.2) is 23.2 Å². The molecule has 13 nitrogen and oxygen atoms in total. The Balaban J connectivity index is 1.76. The van der Waals surface area contributed by atoms with Crippen LogP contribution in [0.25, 0.3) is 11.2 Å². The number of rotatable bonds is 11. The van der Waals surface area contributed by atoms with E-state index in [1.807, 2.05) is 18.9 Å². The number of nitrogens with two attached hydrogens (primary N) is 2. The molecule has 0 aliphatic rings. The highest BCUT2D eigenvalue weighted by Gasteiger charge is 2.32. The van der Waals surface area contributed by atoms with Crippen molar-refractivity contribution in [3.63, 3.8) is 0 Å². The van der Waals surface area contributed by atoms with E-state index in [1.54, 1.807) is 40.0 Å². The number of thiophene rings is 1. The van der Waals surface area contributed by atoms with Gasteiger partial charge in [-0.25, -0.2) is 23.9 Å². The first-order valence-electron chi connectivity index (χ1n) is 12.5. The number of alkyl halides is 1. The van der Waals surface area contributed by atoms with Gasteiger partial charge in [-0.1, -0.05) is 0 Å². The molecule has 15 heteroatoms. The number of nitrogens with zero attached hydrogens (tertiary/aromatic N) is 5. The van der Waals surface area contributed by atoms with Gasteiger partial charge < -0.3 is 31.2 Å². The molecular weight excluding hydrogens is 543 g/mol. The van der Waals surface area contributed by atoms with Crippen LogP contribution in [0.3, 0.4) is 0 Å². The van der Waals surface area contributed by atoms with Gasteiger partial charge in [-0.15, -0.1) is 11.3 Å². The number of hydrogen-bond donors (Lipinski definition) is 3. The number of carbonyl (C=O) groups excluding carboxylic acids is 3. The quantitative estimate of drug-likeness (QED) is 0.283. The molecule has 0 aromatic carbocycles. The summed E-state index contributed by atoms with van der Waals surface area (Å²) in [7, 11) is 1.81. The number of esters is 2. The van der Waals surface area contributed by atoms with Crippen LogP contribution in [0.1, 0.15) is 55.0 Å². The number of fused-ring (bicyclic) bond motifs is 1. The van der Waals surface area contributed by atoms with E-state index in [2.05, 4.69) is 25.3 Å². The van der Waals surface area contributed by atoms with Crippen molar-refractivity contribution in [2.75, 3.05) is 23.4 Å². The molecule has 3 rings (SSSR count). The van der Waals surface area contributed by atoms with Crippen molar-refractivity contribution in [2.45, 2.75) is 72.0 Å². The van der Waals surface area contributed by atoms with Crippen molar-refractivity contribution in [1.82, 2.24) is 25.3 Å². The Bertz CT molecular complexity index is 1400. The van der Waals surface area contributed by atoms with E-state index in [-0.39, 0.29) is 22.3 Å². The van der Waals surface area contributed by atoms with Crippen molar-refractivity contribution >= 4 is 57.1 Å². The van der Waals surface area contributed by atoms with Gasteiger partial charge in [0.2, 0.25) is 5.95 Å². The Morgan fingerprint density at radius 3 is 2.38 bits per heavy atom. The number of aryl methyl sites for hydroxylation is 1. The molecule has 0 saturated heterocycles. The number of amides is 1. The highest BCUT2D eigenvalue weighted by atomic mass is 32.1. The molecule has 216 valence electrons. The number of ether oxygens (including phenoxy) is 2. The molecule has 0 spiro atoms. The first kappa shape index (κ1) is 30.4. The number of nitrogen functional groups attached to an aromatic ring is 2. The van der Waals surface area contributed by atoms with Crippen LogP contribution in [0.5, 0.6) is 0 Å². The molecule has 3 aromatic rings. The lowest BCUT2D eigenvalue weighted by molar-refractivity contribution is -0.155. The van der Waals surface area contributed by atoms with Gasteiger partial charge in [0.05, 0.1) is 40.5 Å². The average molecular weight is 577 g/mol. The van der Waals surface area contributed by atoms with E-state index in [4.69, 9.17) is 20.9 Å². The van der Waals surface area contributed by atoms with Crippen molar-refractivity contribution in [2.24, 2.45) is 0 Å². The summed E-state index contributed by atoms with van der Waals surface area (Å²) in [6.07, 6.45) is -2.24. The fourth-order valence-electron chi connectivity index (χ4n) is 3.70. The fraction of sp³-hybridized carbons (Fsp3) is 0.480. The van der Waals surface area contributed by atoms with Crippen LogP contribution in [0.2, 0.25) is 0 Å². The number of anilines is 3. The summed E-state index contributed by atoms with van der Waals surface area (Å²) < 4.78 is 24.7. The number of halogens is 1. The smallest absolute Gasteiger partial charge is 0.341 e. The lowest BCUT2D eigenvalue weighted by Crippen LogP contribution is -2.45. The van der Waals surface area contributed by atoms with Crippen LogP contribution >= 0.6 is 11.3 Å². The molecular formula is C25H33FN8O5S. The number of nitrogens with one attached hydrogen (secondary N) is 1. The van der Waals surface area contributed by atoms with Crippen molar-refractivity contribution in [3.05, 3.63) is 28.4 Å². The first-order valence-corrected chi connectivity index (χ1v) is 13.3. The maximum Gasteiger partial charge on any atom is 0.341 e. The number of hydrogen-bond acceptors (Lipinski definition) is 13. The van der Waals surface area contributed by atoms with E-state index in [0.717, 1.165) is 10.6 Å². The lowest BCUT2D eigenvalue weighted by Gasteiger charge is -2.20. The molecule has 2 atom stereocenters. The second-order valence-corrected chi connectivity index (χ2v) is 10.7. The monoisotopic (exact) mass is 576 g/mol. The van der Waals surface area contributed by atoms with E-state index >= 15 is 0 Å². The number of aromatic nitrogens is 4. The zero-order valence-electron chi connectivity index (χ0n) is 23.1. The zero-order chi connectivity index (χ0) is 29.7. The summed E-state index contributed by atoms with van der Waals surface area (Å²) in [5.74, 6) is -2.47. The van der Waals surface area contributed by atoms with Crippen molar-refractivity contribution in [1.29, 1.82) is 0 Å². The number of carbonyl (C=O) groups is 3. The second-order valence-electron chi connectivity index (χ2n) is 9.66. The topological polar surface area (TPSA) is 189 Å². The van der Waals surface area contributed by atoms with Crippen LogP contribution in [0.4, 0.5) is 21.2 Å². The maximum absolute atomic E-state index is 14.6. The molecule has 3 heterocycles. The van der Waals surface area contributed by atoms with Crippen LogP contribution in [-0.4, -0.2) is 69.3 Å². The Kier molecular flexibility index (Phi) is 9.74. The Morgan fingerprint density at radius 2 is 1.73 bits per heavy atom. The van der Waals surface area contributed by atoms with Gasteiger partial charge in [0, 0.05) is 13.5 Å². The minimum Gasteiger partial charge on any atom is -0.461 e. The van der Waals surface area contributed by atoms with Crippen molar-refractivity contribution in [3.8, 4) is 0 Å². The van der Waals surface area contributed by atoms with Crippen molar-refractivity contribution < 1.29 is 28.2 Å². The Labute approximate surface area is 234 Å².